The van der Waals surface area contributed by atoms with Gasteiger partial charge in [-0.2, -0.15) is 10.3 Å². The van der Waals surface area contributed by atoms with Crippen molar-refractivity contribution in [3.8, 4) is 11.5 Å². The van der Waals surface area contributed by atoms with Crippen molar-refractivity contribution in [1.29, 1.82) is 0 Å². The van der Waals surface area contributed by atoms with Crippen molar-refractivity contribution in [3.63, 3.8) is 0 Å². The number of hydrogen-bond acceptors (Lipinski definition) is 12. The van der Waals surface area contributed by atoms with Crippen molar-refractivity contribution in [1.82, 2.24) is 31.9 Å². The Morgan fingerprint density at radius 1 is 0.500 bits per heavy atom. The van der Waals surface area contributed by atoms with Crippen LogP contribution in [0.15, 0.2) is 24.3 Å². The number of nitrogens with one attached hydrogen (secondary N) is 6. The first kappa shape index (κ1) is 57.0. The van der Waals surface area contributed by atoms with Gasteiger partial charge in [0, 0.05) is 92.8 Å². The zero-order valence-corrected chi connectivity index (χ0v) is 35.5. The van der Waals surface area contributed by atoms with Crippen molar-refractivity contribution in [2.75, 3.05) is 66.6 Å². The number of fused-ring (bicyclic) bond motifs is 4. The molecule has 8 N–H and O–H groups in total. The molecule has 0 atom stereocenters. The molecule has 0 saturated heterocycles. The van der Waals surface area contributed by atoms with Gasteiger partial charge in [0.25, 0.3) is 0 Å². The molecule has 0 amide bonds. The average molecular weight is 850 g/mol. The maximum absolute atomic E-state index is 13.2. The Kier molecular flexibility index (Phi) is 37.1. The molecule has 0 spiro atoms. The molecule has 300 valence electrons. The van der Waals surface area contributed by atoms with Gasteiger partial charge in [-0.15, -0.1) is 0 Å². The van der Waals surface area contributed by atoms with Gasteiger partial charge in [0.1, 0.15) is 0 Å². The van der Waals surface area contributed by atoms with Crippen LogP contribution in [0.5, 0.6) is 11.5 Å². The molecule has 12 nitrogen and oxygen atoms in total. The fourth-order valence-electron chi connectivity index (χ4n) is 4.75. The van der Waals surface area contributed by atoms with E-state index in [1.165, 1.54) is 21.4 Å². The summed E-state index contributed by atoms with van der Waals surface area (Å²) in [6.07, 6.45) is 0. The molecule has 16 heteroatoms. The minimum absolute atomic E-state index is 0. The third kappa shape index (κ3) is 24.6. The van der Waals surface area contributed by atoms with Crippen LogP contribution in [0.4, 0.5) is 0 Å². The summed E-state index contributed by atoms with van der Waals surface area (Å²) in [6.45, 7) is 21.7. The third-order valence-electron chi connectivity index (χ3n) is 7.39. The number of isothiocyanates is 2. The zero-order chi connectivity index (χ0) is 38.6. The van der Waals surface area contributed by atoms with Crippen LogP contribution in [0.2, 0.25) is 0 Å². The SMILES string of the molecule is CC(C)(C)c1cc2c([O-])c(c1)CNCCNCCNCc1cc(C(C)(C)C)cc(c1[O-])CNCCNCCNC2.CO.CO.[N-]=C=S.[N-]=C=S.[Ni+2].[Ni+2]. The summed E-state index contributed by atoms with van der Waals surface area (Å²) in [5.41, 5.74) is 5.65. The summed E-state index contributed by atoms with van der Waals surface area (Å²) in [5, 5.41) is 77.9. The Labute approximate surface area is 343 Å². The summed E-state index contributed by atoms with van der Waals surface area (Å²) in [6, 6.07) is 8.27. The molecule has 0 saturated carbocycles. The maximum Gasteiger partial charge on any atom is 2.00 e. The van der Waals surface area contributed by atoms with Crippen molar-refractivity contribution in [2.45, 2.75) is 78.6 Å². The topological polar surface area (TPSA) is 203 Å². The summed E-state index contributed by atoms with van der Waals surface area (Å²) >= 11 is 7.40. The summed E-state index contributed by atoms with van der Waals surface area (Å²) < 4.78 is 0. The maximum atomic E-state index is 13.2. The van der Waals surface area contributed by atoms with Crippen molar-refractivity contribution < 1.29 is 53.4 Å². The third-order valence-corrected chi connectivity index (χ3v) is 7.39. The fourth-order valence-corrected chi connectivity index (χ4v) is 4.75. The number of aliphatic hydroxyl groups excluding tert-OH is 2. The molecule has 0 unspecified atom stereocenters. The minimum atomic E-state index is -0.0234. The smallest absolute Gasteiger partial charge is 0.872 e. The van der Waals surface area contributed by atoms with Crippen LogP contribution in [-0.2, 0) is 70.0 Å². The van der Waals surface area contributed by atoms with Crippen LogP contribution < -0.4 is 42.1 Å². The fraction of sp³-hybridized carbons (Fsp3) is 0.611. The van der Waals surface area contributed by atoms with Gasteiger partial charge < -0.3 is 63.1 Å². The van der Waals surface area contributed by atoms with Gasteiger partial charge in [-0.05, 0) is 44.2 Å². The number of hydrogen-bond donors (Lipinski definition) is 8. The van der Waals surface area contributed by atoms with Crippen LogP contribution in [0, 0.1) is 0 Å². The van der Waals surface area contributed by atoms with Gasteiger partial charge >= 0.3 is 33.0 Å². The van der Waals surface area contributed by atoms with E-state index < -0.39 is 0 Å². The number of benzene rings is 2. The van der Waals surface area contributed by atoms with Crippen molar-refractivity contribution in [2.24, 2.45) is 0 Å². The molecule has 0 fully saturated rings. The predicted octanol–water partition coefficient (Wildman–Crippen LogP) is 2.21. The van der Waals surface area contributed by atoms with E-state index in [1.807, 2.05) is 0 Å². The molecule has 0 aliphatic carbocycles. The molecular weight excluding hydrogens is 790 g/mol. The number of nitrogens with zero attached hydrogens (tertiary/aromatic N) is 2. The molecule has 1 aliphatic heterocycles. The Bertz CT molecular complexity index is 1120. The van der Waals surface area contributed by atoms with E-state index in [-0.39, 0.29) is 55.3 Å². The molecule has 1 heterocycles. The molecule has 4 bridgehead atoms. The first-order chi connectivity index (χ1) is 23.8. The average Bonchev–Trinajstić information content (AvgIpc) is 3.06. The number of rotatable bonds is 0. The van der Waals surface area contributed by atoms with Gasteiger partial charge in [-0.25, -0.2) is 0 Å². The largest absolute Gasteiger partial charge is 2.00 e. The van der Waals surface area contributed by atoms with Crippen LogP contribution in [0.25, 0.3) is 10.8 Å². The van der Waals surface area contributed by atoms with E-state index in [0.717, 1.165) is 88.8 Å². The van der Waals surface area contributed by atoms with Crippen LogP contribution in [-0.4, -0.2) is 87.1 Å². The second kappa shape index (κ2) is 33.8. The molecule has 2 aromatic carbocycles. The standard InChI is InChI=1S/C32H54N6O2.2CNS.2CH4O.2Ni/c1-31(2,3)27-15-23-19-35-11-7-33-9-13-37-21-25-17-28(32(4,5)6)18-26(30(25)40)22-38-14-10-34-8-12-36-20-24(16-27)29(23)39;2*2-1-3;2*1-2;;/h15-18,33-40H,7-14,19-22H2,1-6H3;;;2*2H,1H3;;/q;2*-1;;;2*+2/p-2. The van der Waals surface area contributed by atoms with Gasteiger partial charge in [0.15, 0.2) is 0 Å². The van der Waals surface area contributed by atoms with E-state index >= 15 is 0 Å². The quantitative estimate of drug-likeness (QED) is 0.109. The molecule has 2 aromatic rings. The van der Waals surface area contributed by atoms with E-state index in [2.05, 4.69) is 122 Å². The van der Waals surface area contributed by atoms with Gasteiger partial charge in [-0.1, -0.05) is 102 Å². The summed E-state index contributed by atoms with van der Waals surface area (Å²) in [4.78, 5) is 0. The van der Waals surface area contributed by atoms with Gasteiger partial charge in [0.2, 0.25) is 0 Å². The summed E-state index contributed by atoms with van der Waals surface area (Å²) in [7, 11) is 2.00. The van der Waals surface area contributed by atoms with Crippen LogP contribution >= 0.6 is 24.4 Å². The molecular formula is C36H60N8Ni2O4S2. The summed E-state index contributed by atoms with van der Waals surface area (Å²) in [5.74, 6) is 0.264. The van der Waals surface area contributed by atoms with E-state index in [9.17, 15) is 10.2 Å². The molecule has 52 heavy (non-hydrogen) atoms. The number of thiocarbonyl (C=S) groups is 2. The Morgan fingerprint density at radius 2 is 0.673 bits per heavy atom. The molecule has 3 rings (SSSR count). The molecule has 0 radical (unpaired) electrons. The van der Waals surface area contributed by atoms with E-state index in [4.69, 9.17) is 21.0 Å². The van der Waals surface area contributed by atoms with E-state index in [0.29, 0.717) is 26.2 Å². The van der Waals surface area contributed by atoms with Crippen molar-refractivity contribution >= 4 is 34.8 Å². The second-order valence-electron chi connectivity index (χ2n) is 13.1. The van der Waals surface area contributed by atoms with Crippen molar-refractivity contribution in [3.05, 3.63) is 68.5 Å². The van der Waals surface area contributed by atoms with Crippen LogP contribution in [0.1, 0.15) is 74.9 Å². The minimum Gasteiger partial charge on any atom is -0.872 e. The Balaban J connectivity index is -0.000000869. The Hall–Kier alpha value is -1.69. The first-order valence-corrected chi connectivity index (χ1v) is 17.4. The Morgan fingerprint density at radius 3 is 0.846 bits per heavy atom. The van der Waals surface area contributed by atoms with Gasteiger partial charge in [-0.3, -0.25) is 0 Å². The second-order valence-corrected chi connectivity index (χ2v) is 13.5. The monoisotopic (exact) mass is 848 g/mol. The molecule has 0 aromatic heterocycles. The first-order valence-electron chi connectivity index (χ1n) is 16.6. The van der Waals surface area contributed by atoms with E-state index in [1.54, 1.807) is 0 Å². The normalized spacial score (nSPS) is 14.5. The van der Waals surface area contributed by atoms with Crippen LogP contribution in [0.3, 0.4) is 0 Å². The predicted molar refractivity (Wildman–Crippen MR) is 210 cm³/mol. The molecule has 1 aliphatic rings. The van der Waals surface area contributed by atoms with Gasteiger partial charge in [0.05, 0.1) is 0 Å². The zero-order valence-electron chi connectivity index (χ0n) is 31.8. The number of aliphatic hydroxyl groups is 2.